The van der Waals surface area contributed by atoms with Crippen LogP contribution in [0, 0.1) is 35.3 Å². The first kappa shape index (κ1) is 22.6. The van der Waals surface area contributed by atoms with Gasteiger partial charge in [-0.2, -0.15) is 4.39 Å². The van der Waals surface area contributed by atoms with Crippen LogP contribution in [0.4, 0.5) is 8.78 Å². The summed E-state index contributed by atoms with van der Waals surface area (Å²) in [6.07, 6.45) is 16.7. The highest BCUT2D eigenvalue weighted by molar-refractivity contribution is 5.31. The number of hydrogen-bond donors (Lipinski definition) is 0. The van der Waals surface area contributed by atoms with Crippen molar-refractivity contribution in [1.82, 2.24) is 0 Å². The summed E-state index contributed by atoms with van der Waals surface area (Å²) in [7, 11) is 0. The van der Waals surface area contributed by atoms with Crippen LogP contribution < -0.4 is 4.74 Å². The zero-order valence-electron chi connectivity index (χ0n) is 18.5. The lowest BCUT2D eigenvalue weighted by atomic mass is 9.69. The first-order valence-corrected chi connectivity index (χ1v) is 12.2. The number of rotatable bonds is 9. The van der Waals surface area contributed by atoms with Gasteiger partial charge in [0, 0.05) is 0 Å². The summed E-state index contributed by atoms with van der Waals surface area (Å²) in [6, 6.07) is 3.23. The number of unbranched alkanes of at least 4 members (excludes halogenated alkanes) is 2. The molecule has 2 aliphatic rings. The van der Waals surface area contributed by atoms with Crippen molar-refractivity contribution in [2.24, 2.45) is 23.7 Å². The van der Waals surface area contributed by atoms with Gasteiger partial charge in [0.2, 0.25) is 5.82 Å². The van der Waals surface area contributed by atoms with Crippen LogP contribution in [0.25, 0.3) is 0 Å². The van der Waals surface area contributed by atoms with E-state index in [0.29, 0.717) is 24.5 Å². The Morgan fingerprint density at radius 1 is 0.793 bits per heavy atom. The Bertz CT molecular complexity index is 613. The number of hydrogen-bond acceptors (Lipinski definition) is 1. The summed E-state index contributed by atoms with van der Waals surface area (Å²) >= 11 is 0. The summed E-state index contributed by atoms with van der Waals surface area (Å²) in [5.41, 5.74) is 0.412. The molecule has 1 aromatic rings. The standard InChI is InChI=1S/C26H40F2O/c1-3-5-6-7-19-8-12-22(13-9-19)23-14-10-20(11-15-23)18-29-24-17-16-21(4-2)25(27)26(24)28/h16-17,19-20,22-23H,3-15,18H2,1-2H3/t19-,20?,22-,23?. The summed E-state index contributed by atoms with van der Waals surface area (Å²) in [5.74, 6) is 1.76. The average molecular weight is 407 g/mol. The molecule has 0 atom stereocenters. The summed E-state index contributed by atoms with van der Waals surface area (Å²) < 4.78 is 33.8. The zero-order chi connectivity index (χ0) is 20.6. The van der Waals surface area contributed by atoms with Gasteiger partial charge in [0.1, 0.15) is 0 Å². The smallest absolute Gasteiger partial charge is 0.200 e. The van der Waals surface area contributed by atoms with E-state index in [4.69, 9.17) is 4.74 Å². The lowest BCUT2D eigenvalue weighted by Crippen LogP contribution is -2.27. The van der Waals surface area contributed by atoms with Crippen molar-refractivity contribution in [3.05, 3.63) is 29.3 Å². The monoisotopic (exact) mass is 406 g/mol. The molecule has 164 valence electrons. The lowest BCUT2D eigenvalue weighted by molar-refractivity contribution is 0.120. The molecule has 0 radical (unpaired) electrons. The van der Waals surface area contributed by atoms with E-state index in [2.05, 4.69) is 6.92 Å². The molecular formula is C26H40F2O. The molecule has 1 nitrogen and oxygen atoms in total. The highest BCUT2D eigenvalue weighted by atomic mass is 19.2. The van der Waals surface area contributed by atoms with Gasteiger partial charge in [-0.15, -0.1) is 0 Å². The molecule has 0 heterocycles. The van der Waals surface area contributed by atoms with Crippen molar-refractivity contribution < 1.29 is 13.5 Å². The fourth-order valence-electron chi connectivity index (χ4n) is 5.62. The van der Waals surface area contributed by atoms with Gasteiger partial charge in [0.25, 0.3) is 0 Å². The minimum absolute atomic E-state index is 0.0724. The van der Waals surface area contributed by atoms with Crippen molar-refractivity contribution in [3.8, 4) is 5.75 Å². The van der Waals surface area contributed by atoms with Gasteiger partial charge >= 0.3 is 0 Å². The second-order valence-electron chi connectivity index (χ2n) is 9.57. The fourth-order valence-corrected chi connectivity index (χ4v) is 5.62. The second-order valence-corrected chi connectivity index (χ2v) is 9.57. The Morgan fingerprint density at radius 2 is 1.41 bits per heavy atom. The lowest BCUT2D eigenvalue weighted by Gasteiger charge is -2.38. The van der Waals surface area contributed by atoms with Gasteiger partial charge in [0.15, 0.2) is 11.6 Å². The van der Waals surface area contributed by atoms with Crippen LogP contribution >= 0.6 is 0 Å². The van der Waals surface area contributed by atoms with Gasteiger partial charge in [-0.05, 0) is 80.2 Å². The first-order valence-electron chi connectivity index (χ1n) is 12.2. The quantitative estimate of drug-likeness (QED) is 0.376. The number of aryl methyl sites for hydroxylation is 1. The molecule has 0 amide bonds. The highest BCUT2D eigenvalue weighted by Crippen LogP contribution is 2.42. The van der Waals surface area contributed by atoms with E-state index in [1.54, 1.807) is 12.1 Å². The normalized spacial score (nSPS) is 27.7. The molecule has 29 heavy (non-hydrogen) atoms. The molecule has 0 aromatic heterocycles. The Kier molecular flexibility index (Phi) is 8.81. The van der Waals surface area contributed by atoms with Crippen LogP contribution in [0.3, 0.4) is 0 Å². The van der Waals surface area contributed by atoms with E-state index in [1.165, 1.54) is 64.2 Å². The number of ether oxygens (including phenoxy) is 1. The molecule has 2 fully saturated rings. The predicted octanol–water partition coefficient (Wildman–Crippen LogP) is 8.10. The van der Waals surface area contributed by atoms with Crippen LogP contribution in [-0.4, -0.2) is 6.61 Å². The molecule has 2 aliphatic carbocycles. The SMILES string of the molecule is CCCCC[C@H]1CC[C@H](C2CCC(COc3ccc(CC)c(F)c3F)CC2)CC1. The molecule has 1 aromatic carbocycles. The minimum atomic E-state index is -0.825. The van der Waals surface area contributed by atoms with Crippen molar-refractivity contribution in [2.75, 3.05) is 6.61 Å². The molecule has 3 rings (SSSR count). The van der Waals surface area contributed by atoms with Crippen LogP contribution in [0.5, 0.6) is 5.75 Å². The first-order chi connectivity index (χ1) is 14.1. The van der Waals surface area contributed by atoms with Crippen LogP contribution in [0.1, 0.15) is 96.5 Å². The maximum Gasteiger partial charge on any atom is 0.200 e. The van der Waals surface area contributed by atoms with Gasteiger partial charge in [-0.25, -0.2) is 4.39 Å². The average Bonchev–Trinajstić information content (AvgIpc) is 2.76. The maximum atomic E-state index is 14.1. The van der Waals surface area contributed by atoms with E-state index < -0.39 is 11.6 Å². The molecule has 0 saturated heterocycles. The molecule has 3 heteroatoms. The van der Waals surface area contributed by atoms with Gasteiger partial charge in [0.05, 0.1) is 6.61 Å². The zero-order valence-corrected chi connectivity index (χ0v) is 18.5. The summed E-state index contributed by atoms with van der Waals surface area (Å²) in [5, 5.41) is 0. The van der Waals surface area contributed by atoms with E-state index in [0.717, 1.165) is 30.6 Å². The molecule has 0 aliphatic heterocycles. The molecule has 0 unspecified atom stereocenters. The van der Waals surface area contributed by atoms with E-state index in [-0.39, 0.29) is 5.75 Å². The molecule has 2 saturated carbocycles. The fraction of sp³-hybridized carbons (Fsp3) is 0.769. The number of halogens is 2. The molecule has 0 bridgehead atoms. The Balaban J connectivity index is 1.37. The Morgan fingerprint density at radius 3 is 2.00 bits per heavy atom. The number of benzene rings is 1. The second kappa shape index (κ2) is 11.3. The van der Waals surface area contributed by atoms with Crippen molar-refractivity contribution in [1.29, 1.82) is 0 Å². The summed E-state index contributed by atoms with van der Waals surface area (Å²) in [4.78, 5) is 0. The third-order valence-electron chi connectivity index (χ3n) is 7.65. The van der Waals surface area contributed by atoms with Gasteiger partial charge < -0.3 is 4.74 Å². The highest BCUT2D eigenvalue weighted by Gasteiger charge is 2.31. The Hall–Kier alpha value is -1.12. The topological polar surface area (TPSA) is 9.23 Å². The van der Waals surface area contributed by atoms with E-state index in [9.17, 15) is 8.78 Å². The third kappa shape index (κ3) is 6.18. The largest absolute Gasteiger partial charge is 0.490 e. The molecule has 0 spiro atoms. The van der Waals surface area contributed by atoms with Crippen LogP contribution in [0.2, 0.25) is 0 Å². The van der Waals surface area contributed by atoms with Gasteiger partial charge in [-0.3, -0.25) is 0 Å². The van der Waals surface area contributed by atoms with E-state index in [1.807, 2.05) is 6.92 Å². The van der Waals surface area contributed by atoms with E-state index >= 15 is 0 Å². The maximum absolute atomic E-state index is 14.1. The van der Waals surface area contributed by atoms with Crippen molar-refractivity contribution in [2.45, 2.75) is 97.3 Å². The van der Waals surface area contributed by atoms with Gasteiger partial charge in [-0.1, -0.05) is 58.4 Å². The Labute approximate surface area is 176 Å². The van der Waals surface area contributed by atoms with Crippen molar-refractivity contribution >= 4 is 0 Å². The summed E-state index contributed by atoms with van der Waals surface area (Å²) in [6.45, 7) is 4.63. The molecular weight excluding hydrogens is 366 g/mol. The van der Waals surface area contributed by atoms with Crippen LogP contribution in [-0.2, 0) is 6.42 Å². The van der Waals surface area contributed by atoms with Crippen LogP contribution in [0.15, 0.2) is 12.1 Å². The minimum Gasteiger partial charge on any atom is -0.490 e. The molecule has 0 N–H and O–H groups in total. The predicted molar refractivity (Wildman–Crippen MR) is 116 cm³/mol. The third-order valence-corrected chi connectivity index (χ3v) is 7.65. The van der Waals surface area contributed by atoms with Crippen molar-refractivity contribution in [3.63, 3.8) is 0 Å².